The molecule has 2 rings (SSSR count). The molecule has 1 saturated carbocycles. The van der Waals surface area contributed by atoms with Crippen LogP contribution in [0.25, 0.3) is 0 Å². The zero-order valence-corrected chi connectivity index (χ0v) is 11.7. The zero-order valence-electron chi connectivity index (χ0n) is 11.7. The topological polar surface area (TPSA) is 98.7 Å². The lowest BCUT2D eigenvalue weighted by Crippen LogP contribution is -2.43. The number of carboxylic acid groups (broad SMARTS) is 1. The molecule has 1 aromatic carbocycles. The molecule has 1 fully saturated rings. The molecule has 0 unspecified atom stereocenters. The Morgan fingerprint density at radius 3 is 2.48 bits per heavy atom. The van der Waals surface area contributed by atoms with Gasteiger partial charge >= 0.3 is 5.97 Å². The molecule has 0 aromatic heterocycles. The van der Waals surface area contributed by atoms with Crippen molar-refractivity contribution in [3.05, 3.63) is 29.8 Å². The van der Waals surface area contributed by atoms with Crippen molar-refractivity contribution < 1.29 is 19.8 Å². The first-order chi connectivity index (χ1) is 10.0. The van der Waals surface area contributed by atoms with E-state index in [0.29, 0.717) is 12.6 Å². The van der Waals surface area contributed by atoms with E-state index in [0.717, 1.165) is 18.4 Å². The fourth-order valence-electron chi connectivity index (χ4n) is 2.01. The van der Waals surface area contributed by atoms with Crippen molar-refractivity contribution in [3.8, 4) is 5.75 Å². The summed E-state index contributed by atoms with van der Waals surface area (Å²) in [6.07, 6.45) is 2.77. The molecule has 0 heterocycles. The first kappa shape index (κ1) is 15.3. The number of aliphatic carboxylic acids is 1. The van der Waals surface area contributed by atoms with Gasteiger partial charge in [-0.15, -0.1) is 0 Å². The van der Waals surface area contributed by atoms with E-state index >= 15 is 0 Å². The molecule has 0 saturated heterocycles. The third kappa shape index (κ3) is 5.43. The van der Waals surface area contributed by atoms with E-state index in [2.05, 4.69) is 10.6 Å². The second kappa shape index (κ2) is 7.08. The molecular formula is C15H20N2O4. The number of amides is 1. The number of carbonyl (C=O) groups excluding carboxylic acids is 1. The van der Waals surface area contributed by atoms with Gasteiger partial charge < -0.3 is 20.8 Å². The number of nitrogens with one attached hydrogen (secondary N) is 2. The molecule has 114 valence electrons. The van der Waals surface area contributed by atoms with Gasteiger partial charge in [-0.25, -0.2) is 4.79 Å². The molecule has 21 heavy (non-hydrogen) atoms. The van der Waals surface area contributed by atoms with E-state index in [1.807, 2.05) is 0 Å². The summed E-state index contributed by atoms with van der Waals surface area (Å²) in [6, 6.07) is 5.86. The van der Waals surface area contributed by atoms with Gasteiger partial charge in [0.25, 0.3) is 0 Å². The van der Waals surface area contributed by atoms with Gasteiger partial charge in [-0.1, -0.05) is 12.1 Å². The fourth-order valence-corrected chi connectivity index (χ4v) is 2.01. The first-order valence-corrected chi connectivity index (χ1v) is 7.08. The highest BCUT2D eigenvalue weighted by molar-refractivity contribution is 5.83. The Labute approximate surface area is 123 Å². The van der Waals surface area contributed by atoms with Crippen molar-refractivity contribution in [2.45, 2.75) is 37.8 Å². The lowest BCUT2D eigenvalue weighted by atomic mass is 10.1. The summed E-state index contributed by atoms with van der Waals surface area (Å²) in [5.41, 5.74) is 0.747. The monoisotopic (exact) mass is 292 g/mol. The maximum atomic E-state index is 11.7. The summed E-state index contributed by atoms with van der Waals surface area (Å²) in [5, 5.41) is 24.1. The Hall–Kier alpha value is -2.08. The molecule has 1 aromatic rings. The van der Waals surface area contributed by atoms with Crippen LogP contribution in [0.15, 0.2) is 24.3 Å². The molecular weight excluding hydrogens is 272 g/mol. The predicted octanol–water partition coefficient (Wildman–Crippen LogP) is 0.646. The summed E-state index contributed by atoms with van der Waals surface area (Å²) >= 11 is 0. The Bertz CT molecular complexity index is 497. The predicted molar refractivity (Wildman–Crippen MR) is 77.0 cm³/mol. The van der Waals surface area contributed by atoms with E-state index in [-0.39, 0.29) is 24.5 Å². The summed E-state index contributed by atoms with van der Waals surface area (Å²) in [5.74, 6) is -1.21. The third-order valence-corrected chi connectivity index (χ3v) is 3.37. The highest BCUT2D eigenvalue weighted by Crippen LogP contribution is 2.18. The van der Waals surface area contributed by atoms with Gasteiger partial charge in [0.05, 0.1) is 0 Å². The minimum atomic E-state index is -1.06. The molecule has 6 heteroatoms. The number of rotatable bonds is 8. The lowest BCUT2D eigenvalue weighted by Gasteiger charge is -2.15. The lowest BCUT2D eigenvalue weighted by molar-refractivity contribution is -0.141. The number of phenols is 1. The van der Waals surface area contributed by atoms with Crippen LogP contribution in [-0.4, -0.2) is 40.7 Å². The van der Waals surface area contributed by atoms with Crippen LogP contribution in [0.1, 0.15) is 24.8 Å². The van der Waals surface area contributed by atoms with E-state index in [9.17, 15) is 19.8 Å². The van der Waals surface area contributed by atoms with Crippen LogP contribution in [-0.2, 0) is 16.0 Å². The smallest absolute Gasteiger partial charge is 0.326 e. The van der Waals surface area contributed by atoms with E-state index in [1.165, 1.54) is 12.1 Å². The van der Waals surface area contributed by atoms with Crippen molar-refractivity contribution in [3.63, 3.8) is 0 Å². The molecule has 4 N–H and O–H groups in total. The number of carbonyl (C=O) groups is 2. The Morgan fingerprint density at radius 1 is 1.24 bits per heavy atom. The van der Waals surface area contributed by atoms with Gasteiger partial charge in [0, 0.05) is 25.4 Å². The van der Waals surface area contributed by atoms with Crippen molar-refractivity contribution in [2.24, 2.45) is 0 Å². The van der Waals surface area contributed by atoms with Gasteiger partial charge in [-0.3, -0.25) is 4.79 Å². The average Bonchev–Trinajstić information content (AvgIpc) is 3.24. The molecule has 0 bridgehead atoms. The summed E-state index contributed by atoms with van der Waals surface area (Å²) in [4.78, 5) is 23.0. The van der Waals surface area contributed by atoms with Crippen LogP contribution < -0.4 is 10.6 Å². The number of hydrogen-bond donors (Lipinski definition) is 4. The number of carboxylic acids is 1. The van der Waals surface area contributed by atoms with Crippen LogP contribution >= 0.6 is 0 Å². The van der Waals surface area contributed by atoms with Crippen molar-refractivity contribution in [2.75, 3.05) is 6.54 Å². The third-order valence-electron chi connectivity index (χ3n) is 3.37. The molecule has 0 aliphatic heterocycles. The molecule has 1 amide bonds. The van der Waals surface area contributed by atoms with E-state index in [1.54, 1.807) is 12.1 Å². The van der Waals surface area contributed by atoms with Gasteiger partial charge in [-0.2, -0.15) is 0 Å². The van der Waals surface area contributed by atoms with Crippen molar-refractivity contribution >= 4 is 11.9 Å². The van der Waals surface area contributed by atoms with Crippen molar-refractivity contribution in [1.82, 2.24) is 10.6 Å². The largest absolute Gasteiger partial charge is 0.508 e. The SMILES string of the molecule is O=C(CCNC1CC1)N[C@@H](Cc1ccc(O)cc1)C(=O)O. The normalized spacial score (nSPS) is 15.4. The van der Waals surface area contributed by atoms with Crippen molar-refractivity contribution in [1.29, 1.82) is 0 Å². The molecule has 1 atom stereocenters. The Kier molecular flexibility index (Phi) is 5.16. The molecule has 0 spiro atoms. The highest BCUT2D eigenvalue weighted by atomic mass is 16.4. The van der Waals surface area contributed by atoms with Crippen LogP contribution in [0.3, 0.4) is 0 Å². The van der Waals surface area contributed by atoms with E-state index < -0.39 is 12.0 Å². The number of benzene rings is 1. The average molecular weight is 292 g/mol. The Morgan fingerprint density at radius 2 is 1.90 bits per heavy atom. The number of phenolic OH excluding ortho intramolecular Hbond substituents is 1. The highest BCUT2D eigenvalue weighted by Gasteiger charge is 2.22. The van der Waals surface area contributed by atoms with Gasteiger partial charge in [-0.05, 0) is 30.5 Å². The van der Waals surface area contributed by atoms with Gasteiger partial charge in [0.15, 0.2) is 0 Å². The number of aromatic hydroxyl groups is 1. The number of hydrogen-bond acceptors (Lipinski definition) is 4. The maximum absolute atomic E-state index is 11.7. The minimum absolute atomic E-state index is 0.126. The molecule has 1 aliphatic rings. The van der Waals surface area contributed by atoms with Crippen LogP contribution in [0.5, 0.6) is 5.75 Å². The fraction of sp³-hybridized carbons (Fsp3) is 0.467. The van der Waals surface area contributed by atoms with Crippen LogP contribution in [0, 0.1) is 0 Å². The second-order valence-corrected chi connectivity index (χ2v) is 5.31. The second-order valence-electron chi connectivity index (χ2n) is 5.31. The maximum Gasteiger partial charge on any atom is 0.326 e. The van der Waals surface area contributed by atoms with Gasteiger partial charge in [0.1, 0.15) is 11.8 Å². The van der Waals surface area contributed by atoms with Crippen LogP contribution in [0.4, 0.5) is 0 Å². The minimum Gasteiger partial charge on any atom is -0.508 e. The van der Waals surface area contributed by atoms with Gasteiger partial charge in [0.2, 0.25) is 5.91 Å². The standard InChI is InChI=1S/C15H20N2O4/c18-12-5-1-10(2-6-12)9-13(15(20)21)17-14(19)7-8-16-11-3-4-11/h1-2,5-6,11,13,16,18H,3-4,7-9H2,(H,17,19)(H,20,21)/t13-/m0/s1. The summed E-state index contributed by atoms with van der Waals surface area (Å²) in [6.45, 7) is 0.571. The Balaban J connectivity index is 1.81. The first-order valence-electron chi connectivity index (χ1n) is 7.08. The molecule has 6 nitrogen and oxygen atoms in total. The van der Waals surface area contributed by atoms with Crippen LogP contribution in [0.2, 0.25) is 0 Å². The summed E-state index contributed by atoms with van der Waals surface area (Å²) < 4.78 is 0. The summed E-state index contributed by atoms with van der Waals surface area (Å²) in [7, 11) is 0. The zero-order chi connectivity index (χ0) is 15.2. The molecule has 0 radical (unpaired) electrons. The quantitative estimate of drug-likeness (QED) is 0.564. The molecule has 1 aliphatic carbocycles. The van der Waals surface area contributed by atoms with E-state index in [4.69, 9.17) is 0 Å².